The lowest BCUT2D eigenvalue weighted by Crippen LogP contribution is -2.17. The van der Waals surface area contributed by atoms with Crippen molar-refractivity contribution in [3.63, 3.8) is 0 Å². The highest BCUT2D eigenvalue weighted by molar-refractivity contribution is 5.39. The minimum atomic E-state index is -0.374. The molecule has 2 aromatic carbocycles. The molecule has 0 saturated carbocycles. The molecule has 5 heteroatoms. The van der Waals surface area contributed by atoms with E-state index in [1.165, 1.54) is 18.2 Å². The van der Waals surface area contributed by atoms with Crippen LogP contribution in [0.3, 0.4) is 0 Å². The van der Waals surface area contributed by atoms with Crippen LogP contribution in [0.15, 0.2) is 42.5 Å². The van der Waals surface area contributed by atoms with Crippen LogP contribution in [0.4, 0.5) is 10.1 Å². The Morgan fingerprint density at radius 2 is 1.95 bits per heavy atom. The molecule has 0 bridgehead atoms. The molecule has 21 heavy (non-hydrogen) atoms. The first-order valence-corrected chi connectivity index (χ1v) is 6.76. The number of rotatable bonds is 6. The van der Waals surface area contributed by atoms with Crippen LogP contribution < -0.4 is 5.32 Å². The summed E-state index contributed by atoms with van der Waals surface area (Å²) in [7, 11) is 0. The van der Waals surface area contributed by atoms with Gasteiger partial charge in [-0.3, -0.25) is 10.1 Å². The maximum Gasteiger partial charge on any atom is 0.273 e. The molecular weight excluding hydrogens is 271 g/mol. The predicted molar refractivity (Wildman–Crippen MR) is 79.6 cm³/mol. The average Bonchev–Trinajstić information content (AvgIpc) is 2.45. The second kappa shape index (κ2) is 6.95. The van der Waals surface area contributed by atoms with E-state index < -0.39 is 0 Å². The van der Waals surface area contributed by atoms with E-state index in [9.17, 15) is 14.5 Å². The summed E-state index contributed by atoms with van der Waals surface area (Å²) in [6.45, 7) is 3.00. The fourth-order valence-electron chi connectivity index (χ4n) is 2.22. The number of hydrogen-bond acceptors (Lipinski definition) is 3. The maximum absolute atomic E-state index is 13.0. The van der Waals surface area contributed by atoms with Crippen molar-refractivity contribution in [1.29, 1.82) is 0 Å². The minimum Gasteiger partial charge on any atom is -0.312 e. The Morgan fingerprint density at radius 3 is 2.67 bits per heavy atom. The van der Waals surface area contributed by atoms with Crippen LogP contribution in [0, 0.1) is 22.9 Å². The van der Waals surface area contributed by atoms with Crippen LogP contribution in [0.5, 0.6) is 0 Å². The van der Waals surface area contributed by atoms with E-state index in [0.717, 1.165) is 17.5 Å². The zero-order chi connectivity index (χ0) is 15.2. The van der Waals surface area contributed by atoms with Gasteiger partial charge in [0.15, 0.2) is 0 Å². The fraction of sp³-hybridized carbons (Fsp3) is 0.250. The molecule has 0 aliphatic heterocycles. The molecule has 0 saturated heterocycles. The SMILES string of the molecule is Cc1cc(F)ccc1CCNCc1ccccc1[N+](=O)[O-]. The largest absolute Gasteiger partial charge is 0.312 e. The third kappa shape index (κ3) is 4.10. The van der Waals surface area contributed by atoms with Crippen molar-refractivity contribution in [2.75, 3.05) is 6.54 Å². The molecule has 4 nitrogen and oxygen atoms in total. The topological polar surface area (TPSA) is 55.2 Å². The molecule has 0 heterocycles. The number of nitrogens with one attached hydrogen (secondary N) is 1. The Balaban J connectivity index is 1.89. The molecule has 2 aromatic rings. The van der Waals surface area contributed by atoms with Gasteiger partial charge in [-0.25, -0.2) is 4.39 Å². The van der Waals surface area contributed by atoms with Gasteiger partial charge in [-0.2, -0.15) is 0 Å². The Labute approximate surface area is 122 Å². The van der Waals surface area contributed by atoms with Crippen LogP contribution >= 0.6 is 0 Å². The quantitative estimate of drug-likeness (QED) is 0.503. The number of nitro benzene ring substituents is 1. The molecular formula is C16H17FN2O2. The van der Waals surface area contributed by atoms with E-state index in [1.807, 2.05) is 6.92 Å². The molecule has 0 spiro atoms. The summed E-state index contributed by atoms with van der Waals surface area (Å²) in [6.07, 6.45) is 0.757. The number of nitrogens with zero attached hydrogens (tertiary/aromatic N) is 1. The van der Waals surface area contributed by atoms with Crippen LogP contribution in [0.2, 0.25) is 0 Å². The maximum atomic E-state index is 13.0. The Bertz CT molecular complexity index is 644. The first kappa shape index (κ1) is 15.1. The van der Waals surface area contributed by atoms with Gasteiger partial charge < -0.3 is 5.32 Å². The van der Waals surface area contributed by atoms with Gasteiger partial charge in [0.2, 0.25) is 0 Å². The van der Waals surface area contributed by atoms with Crippen molar-refractivity contribution in [3.8, 4) is 0 Å². The smallest absolute Gasteiger partial charge is 0.273 e. The Morgan fingerprint density at radius 1 is 1.19 bits per heavy atom. The van der Waals surface area contributed by atoms with Gasteiger partial charge in [0, 0.05) is 18.2 Å². The first-order valence-electron chi connectivity index (χ1n) is 6.76. The number of nitro groups is 1. The summed E-state index contributed by atoms with van der Waals surface area (Å²) in [4.78, 5) is 10.5. The third-order valence-electron chi connectivity index (χ3n) is 3.38. The van der Waals surface area contributed by atoms with Gasteiger partial charge in [0.1, 0.15) is 5.82 Å². The lowest BCUT2D eigenvalue weighted by molar-refractivity contribution is -0.385. The normalized spacial score (nSPS) is 10.6. The van der Waals surface area contributed by atoms with Crippen LogP contribution in [0.25, 0.3) is 0 Å². The fourth-order valence-corrected chi connectivity index (χ4v) is 2.22. The predicted octanol–water partition coefficient (Wildman–Crippen LogP) is 3.37. The summed E-state index contributed by atoms with van der Waals surface area (Å²) in [5, 5.41) is 14.1. The molecule has 0 unspecified atom stereocenters. The van der Waals surface area contributed by atoms with E-state index in [1.54, 1.807) is 24.3 Å². The number of para-hydroxylation sites is 1. The summed E-state index contributed by atoms with van der Waals surface area (Å²) in [6, 6.07) is 11.4. The number of hydrogen-bond donors (Lipinski definition) is 1. The molecule has 110 valence electrons. The number of benzene rings is 2. The molecule has 2 rings (SSSR count). The van der Waals surface area contributed by atoms with Crippen molar-refractivity contribution in [3.05, 3.63) is 75.1 Å². The monoisotopic (exact) mass is 288 g/mol. The Kier molecular flexibility index (Phi) is 5.00. The molecule has 0 aliphatic rings. The van der Waals surface area contributed by atoms with Crippen LogP contribution in [-0.2, 0) is 13.0 Å². The van der Waals surface area contributed by atoms with Crippen molar-refractivity contribution in [2.24, 2.45) is 0 Å². The standard InChI is InChI=1S/C16H17FN2O2/c1-12-10-15(17)7-6-13(12)8-9-18-11-14-4-2-3-5-16(14)19(20)21/h2-7,10,18H,8-9,11H2,1H3. The van der Waals surface area contributed by atoms with Gasteiger partial charge in [-0.1, -0.05) is 24.3 Å². The van der Waals surface area contributed by atoms with E-state index >= 15 is 0 Å². The zero-order valence-corrected chi connectivity index (χ0v) is 11.8. The second-order valence-electron chi connectivity index (χ2n) is 4.88. The van der Waals surface area contributed by atoms with Gasteiger partial charge >= 0.3 is 0 Å². The summed E-state index contributed by atoms with van der Waals surface area (Å²) >= 11 is 0. The first-order chi connectivity index (χ1) is 10.1. The van der Waals surface area contributed by atoms with E-state index in [4.69, 9.17) is 0 Å². The zero-order valence-electron chi connectivity index (χ0n) is 11.8. The van der Waals surface area contributed by atoms with Crippen molar-refractivity contribution < 1.29 is 9.31 Å². The molecule has 0 fully saturated rings. The minimum absolute atomic E-state index is 0.128. The summed E-state index contributed by atoms with van der Waals surface area (Å²) in [5.41, 5.74) is 2.79. The van der Waals surface area contributed by atoms with Crippen molar-refractivity contribution >= 4 is 5.69 Å². The van der Waals surface area contributed by atoms with Crippen LogP contribution in [-0.4, -0.2) is 11.5 Å². The third-order valence-corrected chi connectivity index (χ3v) is 3.38. The average molecular weight is 288 g/mol. The van der Waals surface area contributed by atoms with Crippen molar-refractivity contribution in [2.45, 2.75) is 19.9 Å². The van der Waals surface area contributed by atoms with E-state index in [2.05, 4.69) is 5.32 Å². The lowest BCUT2D eigenvalue weighted by atomic mass is 10.1. The molecule has 0 atom stereocenters. The second-order valence-corrected chi connectivity index (χ2v) is 4.88. The van der Waals surface area contributed by atoms with Gasteiger partial charge in [0.25, 0.3) is 5.69 Å². The number of aryl methyl sites for hydroxylation is 1. The number of halogens is 1. The Hall–Kier alpha value is -2.27. The van der Waals surface area contributed by atoms with Crippen molar-refractivity contribution in [1.82, 2.24) is 5.32 Å². The van der Waals surface area contributed by atoms with Gasteiger partial charge in [-0.05, 0) is 43.1 Å². The molecule has 0 aliphatic carbocycles. The van der Waals surface area contributed by atoms with Gasteiger partial charge in [-0.15, -0.1) is 0 Å². The van der Waals surface area contributed by atoms with Crippen LogP contribution in [0.1, 0.15) is 16.7 Å². The van der Waals surface area contributed by atoms with Gasteiger partial charge in [0.05, 0.1) is 4.92 Å². The highest BCUT2D eigenvalue weighted by Crippen LogP contribution is 2.17. The molecule has 0 amide bonds. The molecule has 1 N–H and O–H groups in total. The van der Waals surface area contributed by atoms with E-state index in [0.29, 0.717) is 18.7 Å². The lowest BCUT2D eigenvalue weighted by Gasteiger charge is -2.08. The summed E-state index contributed by atoms with van der Waals surface area (Å²) < 4.78 is 13.0. The molecule has 0 aromatic heterocycles. The highest BCUT2D eigenvalue weighted by Gasteiger charge is 2.11. The van der Waals surface area contributed by atoms with E-state index in [-0.39, 0.29) is 16.4 Å². The summed E-state index contributed by atoms with van der Waals surface area (Å²) in [5.74, 6) is -0.232. The molecule has 0 radical (unpaired) electrons. The highest BCUT2D eigenvalue weighted by atomic mass is 19.1.